The standard InChI is InChI=1S/C18H26O6/c19-13(9-11-15-3-1-5-17(21)23-15)7-8-14(20)10-12-16-4-2-6-18(22)24-16/h15-16H,1-12H2. The van der Waals surface area contributed by atoms with E-state index in [2.05, 4.69) is 0 Å². The van der Waals surface area contributed by atoms with Gasteiger partial charge in [-0.15, -0.1) is 0 Å². The van der Waals surface area contributed by atoms with Crippen molar-refractivity contribution in [3.63, 3.8) is 0 Å². The van der Waals surface area contributed by atoms with Gasteiger partial charge in [0, 0.05) is 38.5 Å². The molecule has 0 bridgehead atoms. The van der Waals surface area contributed by atoms with Crippen molar-refractivity contribution in [2.24, 2.45) is 0 Å². The second-order valence-electron chi connectivity index (χ2n) is 6.66. The second kappa shape index (κ2) is 9.55. The maximum atomic E-state index is 11.9. The third-order valence-corrected chi connectivity index (χ3v) is 4.58. The smallest absolute Gasteiger partial charge is 0.306 e. The van der Waals surface area contributed by atoms with Crippen LogP contribution in [0.3, 0.4) is 0 Å². The van der Waals surface area contributed by atoms with Crippen LogP contribution in [0.4, 0.5) is 0 Å². The fourth-order valence-electron chi connectivity index (χ4n) is 3.13. The second-order valence-corrected chi connectivity index (χ2v) is 6.66. The molecule has 6 nitrogen and oxygen atoms in total. The first-order chi connectivity index (χ1) is 11.5. The zero-order chi connectivity index (χ0) is 17.4. The minimum atomic E-state index is -0.183. The van der Waals surface area contributed by atoms with E-state index in [0.717, 1.165) is 25.7 Å². The average Bonchev–Trinajstić information content (AvgIpc) is 2.56. The Bertz CT molecular complexity index is 440. The van der Waals surface area contributed by atoms with Gasteiger partial charge in [0.15, 0.2) is 0 Å². The Morgan fingerprint density at radius 3 is 1.54 bits per heavy atom. The van der Waals surface area contributed by atoms with Crippen LogP contribution in [0.2, 0.25) is 0 Å². The Hall–Kier alpha value is -1.72. The molecule has 0 aliphatic carbocycles. The molecule has 2 unspecified atom stereocenters. The summed E-state index contributed by atoms with van der Waals surface area (Å²) in [5, 5.41) is 0. The van der Waals surface area contributed by atoms with Crippen molar-refractivity contribution in [1.29, 1.82) is 0 Å². The molecule has 2 fully saturated rings. The topological polar surface area (TPSA) is 86.7 Å². The van der Waals surface area contributed by atoms with Crippen LogP contribution in [-0.4, -0.2) is 35.7 Å². The molecule has 0 aromatic rings. The van der Waals surface area contributed by atoms with Gasteiger partial charge >= 0.3 is 11.9 Å². The molecule has 0 aromatic carbocycles. The van der Waals surface area contributed by atoms with Crippen LogP contribution in [0.5, 0.6) is 0 Å². The molecule has 2 saturated heterocycles. The number of esters is 2. The number of ketones is 2. The van der Waals surface area contributed by atoms with Gasteiger partial charge in [-0.25, -0.2) is 0 Å². The largest absolute Gasteiger partial charge is 0.462 e. The lowest BCUT2D eigenvalue weighted by molar-refractivity contribution is -0.155. The van der Waals surface area contributed by atoms with Crippen LogP contribution >= 0.6 is 0 Å². The highest BCUT2D eigenvalue weighted by molar-refractivity contribution is 5.86. The summed E-state index contributed by atoms with van der Waals surface area (Å²) in [5.41, 5.74) is 0. The van der Waals surface area contributed by atoms with Gasteiger partial charge in [-0.3, -0.25) is 19.2 Å². The van der Waals surface area contributed by atoms with Crippen LogP contribution in [0, 0.1) is 0 Å². The van der Waals surface area contributed by atoms with Crippen molar-refractivity contribution < 1.29 is 28.7 Å². The third kappa shape index (κ3) is 6.81. The van der Waals surface area contributed by atoms with E-state index >= 15 is 0 Å². The van der Waals surface area contributed by atoms with Gasteiger partial charge in [0.1, 0.15) is 23.8 Å². The Morgan fingerprint density at radius 1 is 0.750 bits per heavy atom. The van der Waals surface area contributed by atoms with E-state index in [4.69, 9.17) is 9.47 Å². The number of ether oxygens (including phenoxy) is 2. The first-order valence-electron chi connectivity index (χ1n) is 8.95. The maximum absolute atomic E-state index is 11.9. The van der Waals surface area contributed by atoms with E-state index in [-0.39, 0.29) is 48.6 Å². The molecule has 2 atom stereocenters. The van der Waals surface area contributed by atoms with Gasteiger partial charge in [-0.2, -0.15) is 0 Å². The van der Waals surface area contributed by atoms with Crippen LogP contribution in [-0.2, 0) is 28.7 Å². The number of rotatable bonds is 9. The van der Waals surface area contributed by atoms with E-state index in [1.807, 2.05) is 0 Å². The maximum Gasteiger partial charge on any atom is 0.306 e. The van der Waals surface area contributed by atoms with Crippen LogP contribution in [0.25, 0.3) is 0 Å². The fourth-order valence-corrected chi connectivity index (χ4v) is 3.13. The Balaban J connectivity index is 1.55. The molecule has 0 spiro atoms. The van der Waals surface area contributed by atoms with Crippen LogP contribution in [0.1, 0.15) is 77.0 Å². The van der Waals surface area contributed by atoms with Crippen LogP contribution in [0.15, 0.2) is 0 Å². The first kappa shape index (κ1) is 18.6. The summed E-state index contributed by atoms with van der Waals surface area (Å²) < 4.78 is 10.4. The van der Waals surface area contributed by atoms with Gasteiger partial charge in [-0.05, 0) is 38.5 Å². The van der Waals surface area contributed by atoms with Crippen LogP contribution < -0.4 is 0 Å². The van der Waals surface area contributed by atoms with Gasteiger partial charge in [0.05, 0.1) is 0 Å². The van der Waals surface area contributed by atoms with Crippen molar-refractivity contribution in [3.8, 4) is 0 Å². The van der Waals surface area contributed by atoms with Crippen molar-refractivity contribution in [2.45, 2.75) is 89.3 Å². The SMILES string of the molecule is O=C(CCC(=O)CCC1CCCC(=O)O1)CCC1CCCC(=O)O1. The van der Waals surface area contributed by atoms with E-state index in [1.165, 1.54) is 0 Å². The summed E-state index contributed by atoms with van der Waals surface area (Å²) >= 11 is 0. The molecule has 0 aromatic heterocycles. The lowest BCUT2D eigenvalue weighted by atomic mass is 9.99. The van der Waals surface area contributed by atoms with Crippen molar-refractivity contribution in [3.05, 3.63) is 0 Å². The van der Waals surface area contributed by atoms with E-state index in [9.17, 15) is 19.2 Å². The molecule has 2 rings (SSSR count). The highest BCUT2D eigenvalue weighted by Crippen LogP contribution is 2.20. The Kier molecular flexibility index (Phi) is 7.40. The molecular weight excluding hydrogens is 312 g/mol. The normalized spacial score (nSPS) is 24.2. The number of cyclic esters (lactones) is 2. The number of Topliss-reactive ketones (excluding diaryl/α,β-unsaturated/α-hetero) is 2. The Labute approximate surface area is 142 Å². The summed E-state index contributed by atoms with van der Waals surface area (Å²) in [6, 6.07) is 0. The molecule has 24 heavy (non-hydrogen) atoms. The molecule has 2 heterocycles. The van der Waals surface area contributed by atoms with E-state index in [0.29, 0.717) is 38.5 Å². The summed E-state index contributed by atoms with van der Waals surface area (Å²) in [6.07, 6.45) is 6.21. The number of carbonyl (C=O) groups excluding carboxylic acids is 4. The number of hydrogen-bond donors (Lipinski definition) is 0. The van der Waals surface area contributed by atoms with E-state index in [1.54, 1.807) is 0 Å². The molecule has 0 amide bonds. The predicted octanol–water partition coefficient (Wildman–Crippen LogP) is 2.66. The van der Waals surface area contributed by atoms with Crippen molar-refractivity contribution >= 4 is 23.5 Å². The average molecular weight is 338 g/mol. The van der Waals surface area contributed by atoms with Gasteiger partial charge in [-0.1, -0.05) is 0 Å². The minimum Gasteiger partial charge on any atom is -0.462 e. The lowest BCUT2D eigenvalue weighted by Crippen LogP contribution is -2.24. The quantitative estimate of drug-likeness (QED) is 0.601. The third-order valence-electron chi connectivity index (χ3n) is 4.58. The molecule has 0 saturated carbocycles. The summed E-state index contributed by atoms with van der Waals surface area (Å²) in [6.45, 7) is 0. The lowest BCUT2D eigenvalue weighted by Gasteiger charge is -2.22. The first-order valence-corrected chi connectivity index (χ1v) is 8.95. The van der Waals surface area contributed by atoms with Crippen molar-refractivity contribution in [1.82, 2.24) is 0 Å². The van der Waals surface area contributed by atoms with Gasteiger partial charge < -0.3 is 9.47 Å². The van der Waals surface area contributed by atoms with E-state index < -0.39 is 0 Å². The Morgan fingerprint density at radius 2 is 1.17 bits per heavy atom. The van der Waals surface area contributed by atoms with Crippen molar-refractivity contribution in [2.75, 3.05) is 0 Å². The zero-order valence-electron chi connectivity index (χ0n) is 14.1. The molecule has 134 valence electrons. The molecule has 0 N–H and O–H groups in total. The number of carbonyl (C=O) groups is 4. The molecule has 2 aliphatic rings. The molecule has 0 radical (unpaired) electrons. The fraction of sp³-hybridized carbons (Fsp3) is 0.778. The number of hydrogen-bond acceptors (Lipinski definition) is 6. The summed E-state index contributed by atoms with van der Waals surface area (Å²) in [7, 11) is 0. The zero-order valence-corrected chi connectivity index (χ0v) is 14.1. The van der Waals surface area contributed by atoms with Gasteiger partial charge in [0.25, 0.3) is 0 Å². The molecular formula is C18H26O6. The molecule has 2 aliphatic heterocycles. The minimum absolute atomic E-state index is 0.0362. The summed E-state index contributed by atoms with van der Waals surface area (Å²) in [4.78, 5) is 46.1. The summed E-state index contributed by atoms with van der Waals surface area (Å²) in [5.74, 6) is -0.294. The molecule has 6 heteroatoms. The predicted molar refractivity (Wildman–Crippen MR) is 85.2 cm³/mol. The monoisotopic (exact) mass is 338 g/mol. The highest BCUT2D eigenvalue weighted by Gasteiger charge is 2.22. The highest BCUT2D eigenvalue weighted by atomic mass is 16.5. The van der Waals surface area contributed by atoms with Gasteiger partial charge in [0.2, 0.25) is 0 Å².